The largest absolute Gasteiger partial charge is 0.384 e. The highest BCUT2D eigenvalue weighted by molar-refractivity contribution is 7.80. The molecule has 0 aliphatic rings. The second-order valence-corrected chi connectivity index (χ2v) is 3.83. The molecule has 0 spiro atoms. The molecule has 2 rings (SSSR count). The maximum Gasteiger partial charge on any atom is 0.184 e. The molecule has 86 valence electrons. The molecule has 1 aromatic heterocycles. The van der Waals surface area contributed by atoms with Gasteiger partial charge in [-0.25, -0.2) is 4.98 Å². The Morgan fingerprint density at radius 3 is 2.94 bits per heavy atom. The van der Waals surface area contributed by atoms with E-state index in [1.165, 1.54) is 6.21 Å². The minimum Gasteiger partial charge on any atom is -0.384 e. The number of nitrogens with zero attached hydrogens (tertiary/aromatic N) is 2. The van der Waals surface area contributed by atoms with Crippen molar-refractivity contribution in [3.63, 3.8) is 0 Å². The van der Waals surface area contributed by atoms with E-state index in [1.807, 2.05) is 30.3 Å². The summed E-state index contributed by atoms with van der Waals surface area (Å²) in [5, 5.41) is 5.96. The fourth-order valence-corrected chi connectivity index (χ4v) is 1.56. The van der Waals surface area contributed by atoms with Crippen LogP contribution in [0.15, 0.2) is 35.4 Å². The Labute approximate surface area is 104 Å². The van der Waals surface area contributed by atoms with Gasteiger partial charge in [0, 0.05) is 5.39 Å². The molecule has 0 saturated carbocycles. The first kappa shape index (κ1) is 11.3. The predicted octanol–water partition coefficient (Wildman–Crippen LogP) is 0.984. The van der Waals surface area contributed by atoms with E-state index in [-0.39, 0.29) is 5.11 Å². The molecule has 0 bridgehead atoms. The standard InChI is InChI=1S/C11H11N5S/c12-10-5-7-3-1-2-4-8(7)9(15-10)6-14-16-11(13)17/h1-6H,(H2,12,15)(H3,13,16,17). The van der Waals surface area contributed by atoms with Crippen LogP contribution in [0.3, 0.4) is 0 Å². The number of hydrogen-bond acceptors (Lipinski definition) is 4. The molecule has 0 unspecified atom stereocenters. The van der Waals surface area contributed by atoms with Crippen LogP contribution in [0.25, 0.3) is 10.8 Å². The lowest BCUT2D eigenvalue weighted by Crippen LogP contribution is -2.24. The summed E-state index contributed by atoms with van der Waals surface area (Å²) in [6.07, 6.45) is 1.54. The van der Waals surface area contributed by atoms with E-state index >= 15 is 0 Å². The van der Waals surface area contributed by atoms with E-state index in [0.29, 0.717) is 11.5 Å². The monoisotopic (exact) mass is 245 g/mol. The van der Waals surface area contributed by atoms with Crippen LogP contribution < -0.4 is 16.9 Å². The zero-order chi connectivity index (χ0) is 12.3. The number of fused-ring (bicyclic) bond motifs is 1. The summed E-state index contributed by atoms with van der Waals surface area (Å²) in [7, 11) is 0. The number of rotatable bonds is 2. The number of nitrogens with one attached hydrogen (secondary N) is 1. The smallest absolute Gasteiger partial charge is 0.184 e. The van der Waals surface area contributed by atoms with E-state index in [1.54, 1.807) is 0 Å². The van der Waals surface area contributed by atoms with Gasteiger partial charge in [-0.05, 0) is 23.7 Å². The molecule has 2 aromatic rings. The molecule has 1 heterocycles. The number of hydrazone groups is 1. The van der Waals surface area contributed by atoms with Crippen molar-refractivity contribution in [1.82, 2.24) is 10.4 Å². The quantitative estimate of drug-likeness (QED) is 0.417. The van der Waals surface area contributed by atoms with Crippen molar-refractivity contribution in [3.05, 3.63) is 36.0 Å². The molecule has 1 aromatic carbocycles. The van der Waals surface area contributed by atoms with Crippen LogP contribution in [0.2, 0.25) is 0 Å². The van der Waals surface area contributed by atoms with Gasteiger partial charge in [0.1, 0.15) is 5.82 Å². The summed E-state index contributed by atoms with van der Waals surface area (Å²) in [5.74, 6) is 0.445. The van der Waals surface area contributed by atoms with Crippen molar-refractivity contribution in [1.29, 1.82) is 0 Å². The number of pyridine rings is 1. The fourth-order valence-electron chi connectivity index (χ4n) is 1.50. The van der Waals surface area contributed by atoms with Crippen LogP contribution in [-0.4, -0.2) is 16.3 Å². The Kier molecular flexibility index (Phi) is 3.15. The van der Waals surface area contributed by atoms with Gasteiger partial charge in [0.15, 0.2) is 5.11 Å². The van der Waals surface area contributed by atoms with Gasteiger partial charge < -0.3 is 11.5 Å². The first-order valence-electron chi connectivity index (χ1n) is 4.90. The minimum absolute atomic E-state index is 0.106. The molecule has 0 aliphatic heterocycles. The third-order valence-corrected chi connectivity index (χ3v) is 2.24. The number of nitrogens with two attached hydrogens (primary N) is 2. The molecule has 5 N–H and O–H groups in total. The van der Waals surface area contributed by atoms with Crippen LogP contribution in [0.5, 0.6) is 0 Å². The van der Waals surface area contributed by atoms with Crippen LogP contribution in [0, 0.1) is 0 Å². The third kappa shape index (κ3) is 2.67. The first-order valence-corrected chi connectivity index (χ1v) is 5.31. The molecular formula is C11H11N5S. The van der Waals surface area contributed by atoms with Gasteiger partial charge in [0.05, 0.1) is 11.9 Å². The van der Waals surface area contributed by atoms with E-state index in [2.05, 4.69) is 27.7 Å². The van der Waals surface area contributed by atoms with Crippen molar-refractivity contribution in [2.45, 2.75) is 0 Å². The minimum atomic E-state index is 0.106. The highest BCUT2D eigenvalue weighted by atomic mass is 32.1. The summed E-state index contributed by atoms with van der Waals surface area (Å²) in [4.78, 5) is 4.20. The van der Waals surface area contributed by atoms with Gasteiger partial charge in [-0.2, -0.15) is 5.10 Å². The van der Waals surface area contributed by atoms with Crippen LogP contribution >= 0.6 is 12.2 Å². The molecule has 0 amide bonds. The van der Waals surface area contributed by atoms with E-state index in [9.17, 15) is 0 Å². The second kappa shape index (κ2) is 4.75. The van der Waals surface area contributed by atoms with E-state index < -0.39 is 0 Å². The molecule has 0 atom stereocenters. The summed E-state index contributed by atoms with van der Waals surface area (Å²) in [6, 6.07) is 9.60. The summed E-state index contributed by atoms with van der Waals surface area (Å²) in [5.41, 5.74) is 14.1. The van der Waals surface area contributed by atoms with Crippen LogP contribution in [-0.2, 0) is 0 Å². The van der Waals surface area contributed by atoms with Crippen molar-refractivity contribution < 1.29 is 0 Å². The van der Waals surface area contributed by atoms with Gasteiger partial charge in [-0.3, -0.25) is 5.43 Å². The Bertz CT molecular complexity index is 593. The number of hydrogen-bond donors (Lipinski definition) is 3. The summed E-state index contributed by atoms with van der Waals surface area (Å²) in [6.45, 7) is 0. The van der Waals surface area contributed by atoms with Crippen LogP contribution in [0.4, 0.5) is 5.82 Å². The number of anilines is 1. The number of benzene rings is 1. The van der Waals surface area contributed by atoms with E-state index in [0.717, 1.165) is 10.8 Å². The predicted molar refractivity (Wildman–Crippen MR) is 73.7 cm³/mol. The van der Waals surface area contributed by atoms with Gasteiger partial charge in [0.2, 0.25) is 0 Å². The summed E-state index contributed by atoms with van der Waals surface area (Å²) < 4.78 is 0. The van der Waals surface area contributed by atoms with Crippen LogP contribution in [0.1, 0.15) is 5.69 Å². The molecule has 0 radical (unpaired) electrons. The van der Waals surface area contributed by atoms with E-state index in [4.69, 9.17) is 11.5 Å². The topological polar surface area (TPSA) is 89.3 Å². The number of aromatic nitrogens is 1. The fraction of sp³-hybridized carbons (Fsp3) is 0. The van der Waals surface area contributed by atoms with Crippen molar-refractivity contribution in [2.75, 3.05) is 5.73 Å². The maximum atomic E-state index is 5.71. The highest BCUT2D eigenvalue weighted by Crippen LogP contribution is 2.17. The number of thiocarbonyl (C=S) groups is 1. The molecule has 0 fully saturated rings. The average molecular weight is 245 g/mol. The highest BCUT2D eigenvalue weighted by Gasteiger charge is 2.01. The Morgan fingerprint density at radius 1 is 1.41 bits per heavy atom. The van der Waals surface area contributed by atoms with Gasteiger partial charge in [-0.1, -0.05) is 24.3 Å². The molecule has 17 heavy (non-hydrogen) atoms. The maximum absolute atomic E-state index is 5.71. The second-order valence-electron chi connectivity index (χ2n) is 3.39. The van der Waals surface area contributed by atoms with Gasteiger partial charge in [0.25, 0.3) is 0 Å². The van der Waals surface area contributed by atoms with Gasteiger partial charge >= 0.3 is 0 Å². The average Bonchev–Trinajstić information content (AvgIpc) is 2.28. The van der Waals surface area contributed by atoms with Crippen molar-refractivity contribution >= 4 is 40.1 Å². The van der Waals surface area contributed by atoms with Crippen molar-refractivity contribution in [3.8, 4) is 0 Å². The number of nitrogen functional groups attached to an aromatic ring is 1. The Balaban J connectivity index is 2.45. The Hall–Kier alpha value is -2.21. The first-order chi connectivity index (χ1) is 8.16. The molecule has 5 nitrogen and oxygen atoms in total. The SMILES string of the molecule is NC(=S)NN=Cc1nc(N)cc2ccccc12. The van der Waals surface area contributed by atoms with Crippen molar-refractivity contribution in [2.24, 2.45) is 10.8 Å². The lowest BCUT2D eigenvalue weighted by molar-refractivity contribution is 1.04. The van der Waals surface area contributed by atoms with Gasteiger partial charge in [-0.15, -0.1) is 0 Å². The zero-order valence-corrected chi connectivity index (χ0v) is 9.74. The molecule has 6 heteroatoms. The molecule has 0 aliphatic carbocycles. The lowest BCUT2D eigenvalue weighted by Gasteiger charge is -2.03. The molecular weight excluding hydrogens is 234 g/mol. The zero-order valence-electron chi connectivity index (χ0n) is 8.92. The molecule has 0 saturated heterocycles. The Morgan fingerprint density at radius 2 is 2.18 bits per heavy atom. The third-order valence-electron chi connectivity index (χ3n) is 2.15. The lowest BCUT2D eigenvalue weighted by atomic mass is 10.1. The summed E-state index contributed by atoms with van der Waals surface area (Å²) >= 11 is 4.64. The normalized spacial score (nSPS) is 10.8.